The summed E-state index contributed by atoms with van der Waals surface area (Å²) in [6.45, 7) is 1.31. The third-order valence-corrected chi connectivity index (χ3v) is 2.18. The molecule has 0 saturated carbocycles. The van der Waals surface area contributed by atoms with Gasteiger partial charge in [-0.05, 0) is 6.92 Å². The molecule has 1 aromatic rings. The lowest BCUT2D eigenvalue weighted by Crippen LogP contribution is -2.38. The maximum atomic E-state index is 11.9. The van der Waals surface area contributed by atoms with Crippen LogP contribution in [0.5, 0.6) is 0 Å². The molecule has 1 unspecified atom stereocenters. The van der Waals surface area contributed by atoms with Gasteiger partial charge in [0.2, 0.25) is 0 Å². The second kappa shape index (κ2) is 4.79. The van der Waals surface area contributed by atoms with Crippen molar-refractivity contribution < 1.29 is 18.3 Å². The molecule has 0 radical (unpaired) electrons. The number of rotatable bonds is 4. The zero-order valence-corrected chi connectivity index (χ0v) is 8.91. The van der Waals surface area contributed by atoms with Gasteiger partial charge in [-0.2, -0.15) is 13.2 Å². The van der Waals surface area contributed by atoms with E-state index >= 15 is 0 Å². The summed E-state index contributed by atoms with van der Waals surface area (Å²) in [4.78, 5) is 0. The molecule has 8 heteroatoms. The van der Waals surface area contributed by atoms with Gasteiger partial charge in [0.25, 0.3) is 0 Å². The topological polar surface area (TPSA) is 63.0 Å². The Bertz CT molecular complexity index is 350. The van der Waals surface area contributed by atoms with Crippen molar-refractivity contribution in [2.24, 2.45) is 7.05 Å². The summed E-state index contributed by atoms with van der Waals surface area (Å²) in [6.07, 6.45) is -6.95. The fraction of sp³-hybridized carbons (Fsp3) is 0.750. The normalized spacial score (nSPS) is 14.1. The predicted octanol–water partition coefficient (Wildman–Crippen LogP) is 0.136. The minimum Gasteiger partial charge on any atom is -0.382 e. The molecule has 5 nitrogen and oxygen atoms in total. The van der Waals surface area contributed by atoms with Gasteiger partial charge < -0.3 is 15.0 Å². The van der Waals surface area contributed by atoms with Gasteiger partial charge in [-0.3, -0.25) is 0 Å². The molecule has 16 heavy (non-hydrogen) atoms. The Kier molecular flexibility index (Phi) is 3.87. The first-order chi connectivity index (χ1) is 7.32. The molecule has 1 aromatic heterocycles. The second-order valence-corrected chi connectivity index (χ2v) is 3.41. The highest BCUT2D eigenvalue weighted by molar-refractivity contribution is 4.92. The molecule has 0 spiro atoms. The quantitative estimate of drug-likeness (QED) is 0.783. The van der Waals surface area contributed by atoms with Crippen LogP contribution >= 0.6 is 0 Å². The number of aryl methyl sites for hydroxylation is 1. The zero-order chi connectivity index (χ0) is 12.3. The van der Waals surface area contributed by atoms with Crippen LogP contribution in [0.3, 0.4) is 0 Å². The molecule has 1 rings (SSSR count). The van der Waals surface area contributed by atoms with Gasteiger partial charge in [0.05, 0.1) is 6.54 Å². The fourth-order valence-corrected chi connectivity index (χ4v) is 1.04. The van der Waals surface area contributed by atoms with E-state index < -0.39 is 18.8 Å². The van der Waals surface area contributed by atoms with Crippen molar-refractivity contribution in [3.05, 3.63) is 11.6 Å². The van der Waals surface area contributed by atoms with Crippen molar-refractivity contribution in [1.29, 1.82) is 0 Å². The first-order valence-electron chi connectivity index (χ1n) is 4.62. The van der Waals surface area contributed by atoms with Crippen molar-refractivity contribution in [3.8, 4) is 0 Å². The highest BCUT2D eigenvalue weighted by atomic mass is 19.4. The summed E-state index contributed by atoms with van der Waals surface area (Å²) in [5.74, 6) is 1.19. The van der Waals surface area contributed by atoms with E-state index in [4.69, 9.17) is 5.11 Å². The second-order valence-electron chi connectivity index (χ2n) is 3.41. The molecule has 92 valence electrons. The highest BCUT2D eigenvalue weighted by Gasteiger charge is 2.37. The maximum absolute atomic E-state index is 11.9. The van der Waals surface area contributed by atoms with Gasteiger partial charge in [0.1, 0.15) is 11.6 Å². The molecule has 1 heterocycles. The van der Waals surface area contributed by atoms with E-state index in [0.29, 0.717) is 11.6 Å². The van der Waals surface area contributed by atoms with Gasteiger partial charge in [-0.25, -0.2) is 0 Å². The van der Waals surface area contributed by atoms with Crippen LogP contribution in [-0.4, -0.2) is 38.7 Å². The molecule has 0 bridgehead atoms. The van der Waals surface area contributed by atoms with E-state index in [1.165, 1.54) is 0 Å². The number of hydrogen-bond donors (Lipinski definition) is 2. The first-order valence-corrected chi connectivity index (χ1v) is 4.62. The SMILES string of the molecule is Cc1nnc(CNCC(O)C(F)(F)F)n1C. The molecule has 0 aliphatic rings. The summed E-state index contributed by atoms with van der Waals surface area (Å²) in [5, 5.41) is 18.7. The third kappa shape index (κ3) is 3.17. The molecule has 2 N–H and O–H groups in total. The van der Waals surface area contributed by atoms with Crippen LogP contribution in [0.4, 0.5) is 13.2 Å². The van der Waals surface area contributed by atoms with Crippen molar-refractivity contribution in [1.82, 2.24) is 20.1 Å². The molecule has 1 atom stereocenters. The van der Waals surface area contributed by atoms with E-state index in [0.717, 1.165) is 0 Å². The Morgan fingerprint density at radius 2 is 2.06 bits per heavy atom. The van der Waals surface area contributed by atoms with Crippen LogP contribution in [0.25, 0.3) is 0 Å². The van der Waals surface area contributed by atoms with Gasteiger partial charge in [0.15, 0.2) is 6.10 Å². The van der Waals surface area contributed by atoms with Gasteiger partial charge in [0, 0.05) is 13.6 Å². The number of aliphatic hydroxyl groups excluding tert-OH is 1. The van der Waals surface area contributed by atoms with Gasteiger partial charge >= 0.3 is 6.18 Å². The number of hydrogen-bond acceptors (Lipinski definition) is 4. The lowest BCUT2D eigenvalue weighted by atomic mass is 10.3. The van der Waals surface area contributed by atoms with Crippen LogP contribution < -0.4 is 5.32 Å². The number of halogens is 3. The Balaban J connectivity index is 2.39. The smallest absolute Gasteiger partial charge is 0.382 e. The number of aliphatic hydroxyl groups is 1. The van der Waals surface area contributed by atoms with Crippen molar-refractivity contribution >= 4 is 0 Å². The third-order valence-electron chi connectivity index (χ3n) is 2.18. The Morgan fingerprint density at radius 3 is 2.50 bits per heavy atom. The van der Waals surface area contributed by atoms with Crippen molar-refractivity contribution in [2.75, 3.05) is 6.54 Å². The number of nitrogens with zero attached hydrogens (tertiary/aromatic N) is 3. The molecule has 0 aromatic carbocycles. The van der Waals surface area contributed by atoms with E-state index in [9.17, 15) is 13.2 Å². The Hall–Kier alpha value is -1.15. The van der Waals surface area contributed by atoms with Crippen LogP contribution in [0, 0.1) is 6.92 Å². The lowest BCUT2D eigenvalue weighted by Gasteiger charge is -2.14. The minimum absolute atomic E-state index is 0.129. The summed E-state index contributed by atoms with van der Waals surface area (Å²) < 4.78 is 37.5. The summed E-state index contributed by atoms with van der Waals surface area (Å²) in [6, 6.07) is 0. The van der Waals surface area contributed by atoms with E-state index in [-0.39, 0.29) is 6.54 Å². The molecule has 0 saturated heterocycles. The minimum atomic E-state index is -4.59. The zero-order valence-electron chi connectivity index (χ0n) is 8.91. The van der Waals surface area contributed by atoms with Crippen molar-refractivity contribution in [2.45, 2.75) is 25.7 Å². The van der Waals surface area contributed by atoms with Gasteiger partial charge in [-0.1, -0.05) is 0 Å². The molecular weight excluding hydrogens is 225 g/mol. The molecule has 0 aliphatic carbocycles. The van der Waals surface area contributed by atoms with E-state index in [1.807, 2.05) is 0 Å². The van der Waals surface area contributed by atoms with E-state index in [2.05, 4.69) is 15.5 Å². The largest absolute Gasteiger partial charge is 0.415 e. The highest BCUT2D eigenvalue weighted by Crippen LogP contribution is 2.19. The molecule has 0 amide bonds. The average Bonchev–Trinajstić information content (AvgIpc) is 2.48. The summed E-state index contributed by atoms with van der Waals surface area (Å²) in [7, 11) is 1.71. The number of alkyl halides is 3. The molecule has 0 aliphatic heterocycles. The molecular formula is C8H13F3N4O. The number of nitrogens with one attached hydrogen (secondary N) is 1. The predicted molar refractivity (Wildman–Crippen MR) is 49.5 cm³/mol. The average molecular weight is 238 g/mol. The number of aromatic nitrogens is 3. The molecule has 0 fully saturated rings. The first kappa shape index (κ1) is 12.9. The van der Waals surface area contributed by atoms with E-state index in [1.54, 1.807) is 18.5 Å². The Labute approximate surface area is 90.3 Å². The lowest BCUT2D eigenvalue weighted by molar-refractivity contribution is -0.201. The van der Waals surface area contributed by atoms with Crippen LogP contribution in [0.2, 0.25) is 0 Å². The summed E-state index contributed by atoms with van der Waals surface area (Å²) in [5.41, 5.74) is 0. The van der Waals surface area contributed by atoms with Crippen LogP contribution in [0.15, 0.2) is 0 Å². The maximum Gasteiger partial charge on any atom is 0.415 e. The fourth-order valence-electron chi connectivity index (χ4n) is 1.04. The van der Waals surface area contributed by atoms with Crippen LogP contribution in [-0.2, 0) is 13.6 Å². The van der Waals surface area contributed by atoms with Crippen molar-refractivity contribution in [3.63, 3.8) is 0 Å². The monoisotopic (exact) mass is 238 g/mol. The Morgan fingerprint density at radius 1 is 1.44 bits per heavy atom. The summed E-state index contributed by atoms with van der Waals surface area (Å²) >= 11 is 0. The van der Waals surface area contributed by atoms with Gasteiger partial charge in [-0.15, -0.1) is 10.2 Å². The standard InChI is InChI=1S/C8H13F3N4O/c1-5-13-14-7(15(5)2)4-12-3-6(16)8(9,10)11/h6,12,16H,3-4H2,1-2H3. The van der Waals surface area contributed by atoms with Crippen LogP contribution in [0.1, 0.15) is 11.6 Å².